The maximum atomic E-state index is 12.9. The largest absolute Gasteiger partial charge is 0.348 e. The molecule has 1 fully saturated rings. The van der Waals surface area contributed by atoms with Gasteiger partial charge in [0.25, 0.3) is 5.91 Å². The Morgan fingerprint density at radius 3 is 2.32 bits per heavy atom. The van der Waals surface area contributed by atoms with Gasteiger partial charge >= 0.3 is 0 Å². The molecule has 2 N–H and O–H groups in total. The van der Waals surface area contributed by atoms with Crippen LogP contribution < -0.4 is 10.6 Å². The molecule has 2 aromatic rings. The maximum Gasteiger partial charge on any atom is 0.253 e. The predicted octanol–water partition coefficient (Wildman–Crippen LogP) is 4.79. The fraction of sp³-hybridized carbons (Fsp3) is 0.333. The number of rotatable bonds is 6. The Bertz CT molecular complexity index is 896. The van der Waals surface area contributed by atoms with E-state index in [2.05, 4.69) is 44.4 Å². The van der Waals surface area contributed by atoms with Gasteiger partial charge in [-0.15, -0.1) is 0 Å². The van der Waals surface area contributed by atoms with Crippen molar-refractivity contribution in [3.63, 3.8) is 0 Å². The van der Waals surface area contributed by atoms with Gasteiger partial charge < -0.3 is 10.6 Å². The third-order valence-electron chi connectivity index (χ3n) is 5.43. The highest BCUT2D eigenvalue weighted by Gasteiger charge is 2.60. The van der Waals surface area contributed by atoms with Crippen molar-refractivity contribution in [1.29, 1.82) is 0 Å². The van der Waals surface area contributed by atoms with Crippen LogP contribution in [0.5, 0.6) is 0 Å². The predicted molar refractivity (Wildman–Crippen MR) is 113 cm³/mol. The van der Waals surface area contributed by atoms with E-state index in [1.165, 1.54) is 5.57 Å². The highest BCUT2D eigenvalue weighted by molar-refractivity contribution is 6.05. The van der Waals surface area contributed by atoms with Crippen LogP contribution in [-0.4, -0.2) is 11.8 Å². The van der Waals surface area contributed by atoms with Gasteiger partial charge in [0.2, 0.25) is 5.91 Å². The molecule has 0 heterocycles. The van der Waals surface area contributed by atoms with Crippen molar-refractivity contribution < 1.29 is 9.59 Å². The molecule has 2 amide bonds. The van der Waals surface area contributed by atoms with E-state index in [0.29, 0.717) is 17.8 Å². The minimum Gasteiger partial charge on any atom is -0.348 e. The lowest BCUT2D eigenvalue weighted by Crippen LogP contribution is -2.25. The molecule has 0 bridgehead atoms. The minimum atomic E-state index is -0.198. The number of anilines is 1. The van der Waals surface area contributed by atoms with Gasteiger partial charge in [0.05, 0.1) is 17.2 Å². The number of carbonyl (C=O) groups is 2. The Morgan fingerprint density at radius 2 is 1.64 bits per heavy atom. The average molecular weight is 377 g/mol. The second-order valence-electron chi connectivity index (χ2n) is 8.27. The van der Waals surface area contributed by atoms with Crippen LogP contribution in [-0.2, 0) is 11.3 Å². The lowest BCUT2D eigenvalue weighted by Gasteiger charge is -2.12. The second-order valence-corrected chi connectivity index (χ2v) is 8.27. The molecule has 4 nitrogen and oxygen atoms in total. The van der Waals surface area contributed by atoms with E-state index in [9.17, 15) is 9.59 Å². The molecule has 2 aromatic carbocycles. The number of allylic oxidation sites excluding steroid dienone is 2. The van der Waals surface area contributed by atoms with Crippen LogP contribution in [0.3, 0.4) is 0 Å². The summed E-state index contributed by atoms with van der Waals surface area (Å²) in [7, 11) is 0. The number of hydrogen-bond acceptors (Lipinski definition) is 2. The molecular weight excluding hydrogens is 348 g/mol. The Hall–Kier alpha value is -2.88. The summed E-state index contributed by atoms with van der Waals surface area (Å²) < 4.78 is 0. The summed E-state index contributed by atoms with van der Waals surface area (Å²) in [5, 5.41) is 5.91. The Balaban J connectivity index is 1.69. The standard InChI is InChI=1S/C24H28N2O2/c1-16(2)14-19-21(24(19,3)4)23(28)26-20-13-9-8-12-18(20)22(27)25-15-17-10-6-5-7-11-17/h5-14,19,21H,15H2,1-4H3,(H,25,27)(H,26,28)/t19-,21-/m1/s1. The molecule has 146 valence electrons. The number of amides is 2. The van der Waals surface area contributed by atoms with Gasteiger partial charge in [-0.25, -0.2) is 0 Å². The summed E-state index contributed by atoms with van der Waals surface area (Å²) in [6, 6.07) is 16.9. The van der Waals surface area contributed by atoms with Gasteiger partial charge in [0, 0.05) is 6.54 Å². The molecule has 3 rings (SSSR count). The molecular formula is C24H28N2O2. The molecule has 0 saturated heterocycles. The number of para-hydroxylation sites is 1. The van der Waals surface area contributed by atoms with E-state index in [4.69, 9.17) is 0 Å². The Morgan fingerprint density at radius 1 is 1.00 bits per heavy atom. The monoisotopic (exact) mass is 376 g/mol. The van der Waals surface area contributed by atoms with Gasteiger partial charge in [0.15, 0.2) is 0 Å². The molecule has 28 heavy (non-hydrogen) atoms. The van der Waals surface area contributed by atoms with Crippen molar-refractivity contribution in [2.24, 2.45) is 17.3 Å². The molecule has 0 aromatic heterocycles. The molecule has 0 unspecified atom stereocenters. The summed E-state index contributed by atoms with van der Waals surface area (Å²) >= 11 is 0. The van der Waals surface area contributed by atoms with Crippen LogP contribution in [0, 0.1) is 17.3 Å². The van der Waals surface area contributed by atoms with Gasteiger partial charge in [-0.2, -0.15) is 0 Å². The highest BCUT2D eigenvalue weighted by atomic mass is 16.2. The summed E-state index contributed by atoms with van der Waals surface area (Å²) in [6.45, 7) is 8.77. The molecule has 1 saturated carbocycles. The fourth-order valence-electron chi connectivity index (χ4n) is 3.72. The van der Waals surface area contributed by atoms with Crippen molar-refractivity contribution in [2.45, 2.75) is 34.2 Å². The number of hydrogen-bond donors (Lipinski definition) is 2. The molecule has 4 heteroatoms. The van der Waals surface area contributed by atoms with Crippen LogP contribution in [0.1, 0.15) is 43.6 Å². The lowest BCUT2D eigenvalue weighted by molar-refractivity contribution is -0.118. The summed E-state index contributed by atoms with van der Waals surface area (Å²) in [6.07, 6.45) is 2.17. The molecule has 0 spiro atoms. The van der Waals surface area contributed by atoms with Gasteiger partial charge in [-0.05, 0) is 42.9 Å². The average Bonchev–Trinajstić information content (AvgIpc) is 3.20. The zero-order chi connectivity index (χ0) is 20.3. The fourth-order valence-corrected chi connectivity index (χ4v) is 3.72. The van der Waals surface area contributed by atoms with Crippen LogP contribution in [0.4, 0.5) is 5.69 Å². The third-order valence-corrected chi connectivity index (χ3v) is 5.43. The van der Waals surface area contributed by atoms with Crippen LogP contribution in [0.25, 0.3) is 0 Å². The highest BCUT2D eigenvalue weighted by Crippen LogP contribution is 2.59. The van der Waals surface area contributed by atoms with Crippen LogP contribution in [0.15, 0.2) is 66.2 Å². The molecule has 1 aliphatic rings. The Labute approximate surface area is 167 Å². The topological polar surface area (TPSA) is 58.2 Å². The first kappa shape index (κ1) is 19.9. The zero-order valence-corrected chi connectivity index (χ0v) is 17.0. The van der Waals surface area contributed by atoms with Gasteiger partial charge in [0.1, 0.15) is 0 Å². The molecule has 1 aliphatic carbocycles. The van der Waals surface area contributed by atoms with E-state index in [-0.39, 0.29) is 29.1 Å². The van der Waals surface area contributed by atoms with E-state index in [1.54, 1.807) is 18.2 Å². The first-order chi connectivity index (χ1) is 13.3. The summed E-state index contributed by atoms with van der Waals surface area (Å²) in [5.41, 5.74) is 3.21. The maximum absolute atomic E-state index is 12.9. The summed E-state index contributed by atoms with van der Waals surface area (Å²) in [5.74, 6) is -0.0779. The van der Waals surface area contributed by atoms with Crippen LogP contribution in [0.2, 0.25) is 0 Å². The minimum absolute atomic E-state index is 0.0317. The second kappa shape index (κ2) is 8.01. The quantitative estimate of drug-likeness (QED) is 0.712. The van der Waals surface area contributed by atoms with Gasteiger partial charge in [-0.3, -0.25) is 9.59 Å². The van der Waals surface area contributed by atoms with Crippen molar-refractivity contribution >= 4 is 17.5 Å². The summed E-state index contributed by atoms with van der Waals surface area (Å²) in [4.78, 5) is 25.5. The zero-order valence-electron chi connectivity index (χ0n) is 17.0. The van der Waals surface area contributed by atoms with Crippen molar-refractivity contribution in [2.75, 3.05) is 5.32 Å². The van der Waals surface area contributed by atoms with E-state index >= 15 is 0 Å². The normalized spacial score (nSPS) is 19.4. The van der Waals surface area contributed by atoms with Crippen molar-refractivity contribution in [1.82, 2.24) is 5.32 Å². The lowest BCUT2D eigenvalue weighted by atomic mass is 10.1. The van der Waals surface area contributed by atoms with Crippen molar-refractivity contribution in [3.8, 4) is 0 Å². The van der Waals surface area contributed by atoms with Crippen LogP contribution >= 0.6 is 0 Å². The molecule has 0 aliphatic heterocycles. The number of carbonyl (C=O) groups excluding carboxylic acids is 2. The molecule has 0 radical (unpaired) electrons. The number of nitrogens with one attached hydrogen (secondary N) is 2. The third kappa shape index (κ3) is 4.33. The Kier molecular flexibility index (Phi) is 5.68. The van der Waals surface area contributed by atoms with Gasteiger partial charge in [-0.1, -0.05) is 68.0 Å². The van der Waals surface area contributed by atoms with E-state index in [0.717, 1.165) is 5.56 Å². The first-order valence-electron chi connectivity index (χ1n) is 9.67. The first-order valence-corrected chi connectivity index (χ1v) is 9.67. The molecule has 2 atom stereocenters. The van der Waals surface area contributed by atoms with E-state index < -0.39 is 0 Å². The number of benzene rings is 2. The smallest absolute Gasteiger partial charge is 0.253 e. The van der Waals surface area contributed by atoms with E-state index in [1.807, 2.05) is 36.4 Å². The SMILES string of the molecule is CC(C)=C[C@@H]1[C@H](C(=O)Nc2ccccc2C(=O)NCc2ccccc2)C1(C)C. The van der Waals surface area contributed by atoms with Crippen molar-refractivity contribution in [3.05, 3.63) is 77.4 Å².